The smallest absolute Gasteiger partial charge is 0.422 e. The van der Waals surface area contributed by atoms with E-state index in [9.17, 15) is 37.5 Å². The number of nitrogens with one attached hydrogen (secondary N) is 5. The maximum Gasteiger partial charge on any atom is 0.422 e. The summed E-state index contributed by atoms with van der Waals surface area (Å²) >= 11 is 6.02. The average molecular weight is 785 g/mol. The van der Waals surface area contributed by atoms with Crippen molar-refractivity contribution in [2.75, 3.05) is 37.4 Å². The lowest BCUT2D eigenvalue weighted by Crippen LogP contribution is -2.45. The number of amides is 3. The van der Waals surface area contributed by atoms with E-state index in [1.807, 2.05) is 18.2 Å². The lowest BCUT2D eigenvalue weighted by molar-refractivity contribution is -0.154. The summed E-state index contributed by atoms with van der Waals surface area (Å²) in [7, 11) is 1.54. The van der Waals surface area contributed by atoms with E-state index in [1.54, 1.807) is 30.3 Å². The van der Waals surface area contributed by atoms with Gasteiger partial charge in [0.2, 0.25) is 11.9 Å². The molecule has 0 unspecified atom stereocenters. The number of carboxylic acid groups (broad SMARTS) is 1. The normalized spacial score (nSPS) is 13.5. The minimum absolute atomic E-state index is 0.0425. The van der Waals surface area contributed by atoms with E-state index in [2.05, 4.69) is 41.5 Å². The zero-order valence-electron chi connectivity index (χ0n) is 29.2. The van der Waals surface area contributed by atoms with Gasteiger partial charge in [0, 0.05) is 29.4 Å². The number of nitrogens with zero attached hydrogens (tertiary/aromatic N) is 3. The fraction of sp³-hybridized carbons (Fsp3) is 0.306. The number of aliphatic carboxylic acids is 1. The highest BCUT2D eigenvalue weighted by atomic mass is 35.5. The number of aromatic nitrogens is 3. The number of halogens is 4. The first kappa shape index (κ1) is 40.0. The van der Waals surface area contributed by atoms with Crippen molar-refractivity contribution < 1.29 is 46.9 Å². The summed E-state index contributed by atoms with van der Waals surface area (Å²) in [5.74, 6) is -3.51. The summed E-state index contributed by atoms with van der Waals surface area (Å²) in [5.41, 5.74) is 1.61. The number of carbonyl (C=O) groups is 4. The number of anilines is 3. The van der Waals surface area contributed by atoms with Crippen molar-refractivity contribution in [1.29, 1.82) is 0 Å². The Morgan fingerprint density at radius 3 is 2.22 bits per heavy atom. The molecule has 1 aromatic heterocycles. The van der Waals surface area contributed by atoms with Crippen LogP contribution in [-0.2, 0) is 26.3 Å². The van der Waals surface area contributed by atoms with E-state index in [1.165, 1.54) is 31.4 Å². The van der Waals surface area contributed by atoms with Crippen LogP contribution in [0, 0.1) is 0 Å². The Kier molecular flexibility index (Phi) is 12.9. The third-order valence-electron chi connectivity index (χ3n) is 8.24. The average Bonchev–Trinajstić information content (AvgIpc) is 3.93. The second-order valence-corrected chi connectivity index (χ2v) is 12.8. The number of rotatable bonds is 17. The fourth-order valence-corrected chi connectivity index (χ4v) is 5.37. The molecule has 0 saturated heterocycles. The van der Waals surface area contributed by atoms with Crippen LogP contribution in [0.2, 0.25) is 5.02 Å². The van der Waals surface area contributed by atoms with Gasteiger partial charge in [-0.05, 0) is 85.3 Å². The van der Waals surface area contributed by atoms with Crippen LogP contribution in [0.5, 0.6) is 11.8 Å². The van der Waals surface area contributed by atoms with Gasteiger partial charge in [-0.3, -0.25) is 14.4 Å². The van der Waals surface area contributed by atoms with E-state index >= 15 is 0 Å². The Morgan fingerprint density at radius 1 is 0.909 bits per heavy atom. The molecule has 0 bridgehead atoms. The van der Waals surface area contributed by atoms with Gasteiger partial charge < -0.3 is 41.2 Å². The summed E-state index contributed by atoms with van der Waals surface area (Å²) in [6, 6.07) is 18.0. The predicted molar refractivity (Wildman–Crippen MR) is 193 cm³/mol. The second kappa shape index (κ2) is 17.8. The maximum atomic E-state index is 12.9. The van der Waals surface area contributed by atoms with E-state index < -0.39 is 54.1 Å². The Balaban J connectivity index is 1.15. The standard InChI is InChI=1S/C36H36ClF3N8O7/c1-54-26-4-2-3-21(19-26)13-17-41-29(50)30(51)42-18-14-27(31(52)53)44-28(49)22-5-11-25(12-6-22)43-32-45-33(47-34(46-32)55-20-36(38,39)40)48-35(15-16-35)23-7-9-24(37)10-8-23/h2-12,19,27H,13-18,20H2,1H3,(H,41,50)(H,42,51)(H,44,49)(H,52,53)(H2,43,45,46,47,48)/t27-/m0/s1. The van der Waals surface area contributed by atoms with Crippen LogP contribution < -0.4 is 36.1 Å². The Hall–Kier alpha value is -6.17. The molecule has 1 atom stereocenters. The van der Waals surface area contributed by atoms with Gasteiger partial charge in [-0.15, -0.1) is 0 Å². The van der Waals surface area contributed by atoms with Gasteiger partial charge in [-0.2, -0.15) is 28.1 Å². The number of methoxy groups -OCH3 is 1. The predicted octanol–water partition coefficient (Wildman–Crippen LogP) is 4.37. The monoisotopic (exact) mass is 784 g/mol. The number of hydrogen-bond donors (Lipinski definition) is 6. The molecule has 3 amide bonds. The Bertz CT molecular complexity index is 2000. The van der Waals surface area contributed by atoms with Crippen LogP contribution in [0.4, 0.5) is 30.8 Å². The van der Waals surface area contributed by atoms with Crippen molar-refractivity contribution in [3.8, 4) is 11.8 Å². The van der Waals surface area contributed by atoms with Crippen molar-refractivity contribution in [2.45, 2.75) is 43.4 Å². The van der Waals surface area contributed by atoms with Crippen LogP contribution in [0.25, 0.3) is 0 Å². The van der Waals surface area contributed by atoms with Crippen molar-refractivity contribution in [3.63, 3.8) is 0 Å². The number of alkyl halides is 3. The van der Waals surface area contributed by atoms with Crippen molar-refractivity contribution >= 4 is 52.9 Å². The summed E-state index contributed by atoms with van der Waals surface area (Å²) in [6.07, 6.45) is -3.02. The molecule has 290 valence electrons. The lowest BCUT2D eigenvalue weighted by Gasteiger charge is -2.19. The number of ether oxygens (including phenoxy) is 2. The molecule has 5 rings (SSSR count). The minimum Gasteiger partial charge on any atom is -0.497 e. The summed E-state index contributed by atoms with van der Waals surface area (Å²) in [4.78, 5) is 61.5. The molecule has 1 aliphatic carbocycles. The van der Waals surface area contributed by atoms with Crippen molar-refractivity contribution in [3.05, 3.63) is 94.5 Å². The van der Waals surface area contributed by atoms with E-state index in [4.69, 9.17) is 21.1 Å². The molecule has 0 aliphatic heterocycles. The van der Waals surface area contributed by atoms with Crippen molar-refractivity contribution in [2.24, 2.45) is 0 Å². The van der Waals surface area contributed by atoms with Gasteiger partial charge in [0.25, 0.3) is 5.91 Å². The highest BCUT2D eigenvalue weighted by Crippen LogP contribution is 2.48. The molecular formula is C36H36ClF3N8O7. The molecule has 0 spiro atoms. The van der Waals surface area contributed by atoms with E-state index in [-0.39, 0.29) is 37.0 Å². The number of benzene rings is 3. The van der Waals surface area contributed by atoms with Crippen LogP contribution in [0.3, 0.4) is 0 Å². The van der Waals surface area contributed by atoms with Crippen molar-refractivity contribution in [1.82, 2.24) is 30.9 Å². The van der Waals surface area contributed by atoms with Crippen LogP contribution in [-0.4, -0.2) is 82.8 Å². The quantitative estimate of drug-likeness (QED) is 0.0827. The number of carboxylic acids is 1. The SMILES string of the molecule is COc1cccc(CCNC(=O)C(=O)NCC[C@H](NC(=O)c2ccc(Nc3nc(NC4(c5ccc(Cl)cc5)CC4)nc(OCC(F)(F)F)n3)cc2)C(=O)O)c1. The molecule has 1 fully saturated rings. The summed E-state index contributed by atoms with van der Waals surface area (Å²) in [5, 5.41) is 23.4. The molecule has 19 heteroatoms. The number of carbonyl (C=O) groups excluding carboxylic acids is 3. The highest BCUT2D eigenvalue weighted by Gasteiger charge is 2.45. The largest absolute Gasteiger partial charge is 0.497 e. The molecule has 0 radical (unpaired) electrons. The van der Waals surface area contributed by atoms with Crippen LogP contribution in [0.1, 0.15) is 40.7 Å². The maximum absolute atomic E-state index is 12.9. The molecule has 1 saturated carbocycles. The molecule has 1 aliphatic rings. The zero-order valence-corrected chi connectivity index (χ0v) is 30.0. The molecule has 55 heavy (non-hydrogen) atoms. The first-order valence-electron chi connectivity index (χ1n) is 16.8. The molecule has 6 N–H and O–H groups in total. The molecule has 15 nitrogen and oxygen atoms in total. The third kappa shape index (κ3) is 11.9. The second-order valence-electron chi connectivity index (χ2n) is 12.4. The topological polar surface area (TPSA) is 206 Å². The third-order valence-corrected chi connectivity index (χ3v) is 8.49. The molecule has 3 aromatic carbocycles. The molecule has 1 heterocycles. The van der Waals surface area contributed by atoms with Gasteiger partial charge in [-0.1, -0.05) is 35.9 Å². The first-order chi connectivity index (χ1) is 26.2. The van der Waals surface area contributed by atoms with Crippen LogP contribution in [0.15, 0.2) is 72.8 Å². The first-order valence-corrected chi connectivity index (χ1v) is 17.2. The zero-order chi connectivity index (χ0) is 39.6. The van der Waals surface area contributed by atoms with Crippen LogP contribution >= 0.6 is 11.6 Å². The number of hydrogen-bond acceptors (Lipinski definition) is 11. The Morgan fingerprint density at radius 2 is 1.58 bits per heavy atom. The van der Waals surface area contributed by atoms with E-state index in [0.717, 1.165) is 11.1 Å². The van der Waals surface area contributed by atoms with Gasteiger partial charge in [-0.25, -0.2) is 4.79 Å². The van der Waals surface area contributed by atoms with Gasteiger partial charge in [0.1, 0.15) is 11.8 Å². The summed E-state index contributed by atoms with van der Waals surface area (Å²) in [6.45, 7) is -1.67. The van der Waals surface area contributed by atoms with Gasteiger partial charge in [0.15, 0.2) is 6.61 Å². The Labute approximate surface area is 317 Å². The molecular weight excluding hydrogens is 749 g/mol. The molecule has 4 aromatic rings. The highest BCUT2D eigenvalue weighted by molar-refractivity contribution is 6.35. The minimum atomic E-state index is -4.64. The van der Waals surface area contributed by atoms with Gasteiger partial charge in [0.05, 0.1) is 12.6 Å². The lowest BCUT2D eigenvalue weighted by atomic mass is 10.1. The summed E-state index contributed by atoms with van der Waals surface area (Å²) < 4.78 is 48.8. The van der Waals surface area contributed by atoms with E-state index in [0.29, 0.717) is 35.7 Å². The van der Waals surface area contributed by atoms with Gasteiger partial charge >= 0.3 is 30.0 Å². The fourth-order valence-electron chi connectivity index (χ4n) is 5.24.